The van der Waals surface area contributed by atoms with Crippen LogP contribution in [0.15, 0.2) is 24.3 Å². The average molecular weight is 384 g/mol. The molecule has 1 aromatic carbocycles. The maximum absolute atomic E-state index is 13.2. The predicted octanol–water partition coefficient (Wildman–Crippen LogP) is 3.82. The highest BCUT2D eigenvalue weighted by molar-refractivity contribution is 5.67. The first-order chi connectivity index (χ1) is 12.5. The first-order valence-corrected chi connectivity index (χ1v) is 9.30. The summed E-state index contributed by atoms with van der Waals surface area (Å²) in [5.41, 5.74) is 0.522. The van der Waals surface area contributed by atoms with Crippen molar-refractivity contribution in [2.45, 2.75) is 45.1 Å². The molecule has 7 heteroatoms. The van der Waals surface area contributed by atoms with Crippen LogP contribution in [0.3, 0.4) is 0 Å². The van der Waals surface area contributed by atoms with Crippen LogP contribution in [0.25, 0.3) is 0 Å². The number of hydrogen-bond acceptors (Lipinski definition) is 4. The third kappa shape index (κ3) is 7.71. The van der Waals surface area contributed by atoms with Gasteiger partial charge < -0.3 is 14.4 Å². The molecule has 0 N–H and O–H groups in total. The van der Waals surface area contributed by atoms with Crippen molar-refractivity contribution < 1.29 is 23.0 Å². The van der Waals surface area contributed by atoms with E-state index >= 15 is 0 Å². The van der Waals surface area contributed by atoms with Crippen LogP contribution in [0.2, 0.25) is 0 Å². The molecule has 1 amide bonds. The Bertz CT molecular complexity index is 632. The molecule has 152 valence electrons. The fraction of sp³-hybridized carbons (Fsp3) is 0.650. The SMILES string of the molecule is CN(CCc1cccc(OCCN2CCC(F)(F)C2)c1)C(=O)OC(C)(C)C. The molecule has 0 unspecified atom stereocenters. The maximum atomic E-state index is 13.2. The Morgan fingerprint density at radius 3 is 2.70 bits per heavy atom. The Kier molecular flexibility index (Phi) is 7.03. The van der Waals surface area contributed by atoms with Gasteiger partial charge in [0.15, 0.2) is 0 Å². The lowest BCUT2D eigenvalue weighted by molar-refractivity contribution is 0.0112. The van der Waals surface area contributed by atoms with Gasteiger partial charge in [-0.1, -0.05) is 12.1 Å². The van der Waals surface area contributed by atoms with Gasteiger partial charge in [-0.2, -0.15) is 0 Å². The minimum atomic E-state index is -2.57. The van der Waals surface area contributed by atoms with Crippen molar-refractivity contribution in [2.24, 2.45) is 0 Å². The van der Waals surface area contributed by atoms with Crippen LogP contribution in [0.5, 0.6) is 5.75 Å². The lowest BCUT2D eigenvalue weighted by Crippen LogP contribution is -2.35. The Morgan fingerprint density at radius 1 is 1.33 bits per heavy atom. The molecular weight excluding hydrogens is 354 g/mol. The van der Waals surface area contributed by atoms with Crippen molar-refractivity contribution in [1.82, 2.24) is 9.80 Å². The number of rotatable bonds is 7. The number of benzene rings is 1. The molecule has 0 saturated carbocycles. The molecule has 5 nitrogen and oxygen atoms in total. The number of halogens is 2. The second kappa shape index (κ2) is 8.87. The van der Waals surface area contributed by atoms with E-state index in [0.29, 0.717) is 38.4 Å². The number of carbonyl (C=O) groups is 1. The van der Waals surface area contributed by atoms with E-state index in [1.165, 1.54) is 0 Å². The highest BCUT2D eigenvalue weighted by atomic mass is 19.3. The summed E-state index contributed by atoms with van der Waals surface area (Å²) in [6.45, 7) is 7.12. The zero-order chi connectivity index (χ0) is 20.1. The van der Waals surface area contributed by atoms with Gasteiger partial charge in [0, 0.05) is 33.1 Å². The molecule has 0 aliphatic carbocycles. The summed E-state index contributed by atoms with van der Waals surface area (Å²) < 4.78 is 37.4. The molecule has 1 aliphatic heterocycles. The summed E-state index contributed by atoms with van der Waals surface area (Å²) in [4.78, 5) is 15.3. The van der Waals surface area contributed by atoms with Gasteiger partial charge in [-0.3, -0.25) is 4.90 Å². The third-order valence-electron chi connectivity index (χ3n) is 4.26. The second-order valence-electron chi connectivity index (χ2n) is 8.03. The van der Waals surface area contributed by atoms with Crippen molar-refractivity contribution in [2.75, 3.05) is 39.8 Å². The Balaban J connectivity index is 1.75. The Morgan fingerprint density at radius 2 is 2.07 bits per heavy atom. The summed E-state index contributed by atoms with van der Waals surface area (Å²) in [7, 11) is 1.71. The summed E-state index contributed by atoms with van der Waals surface area (Å²) in [6, 6.07) is 7.63. The minimum Gasteiger partial charge on any atom is -0.492 e. The Labute approximate surface area is 160 Å². The molecule has 2 rings (SSSR count). The fourth-order valence-electron chi connectivity index (χ4n) is 2.81. The van der Waals surface area contributed by atoms with E-state index in [4.69, 9.17) is 9.47 Å². The topological polar surface area (TPSA) is 42.0 Å². The van der Waals surface area contributed by atoms with E-state index in [1.54, 1.807) is 16.8 Å². The molecule has 1 aliphatic rings. The highest BCUT2D eigenvalue weighted by Gasteiger charge is 2.37. The molecule has 0 atom stereocenters. The smallest absolute Gasteiger partial charge is 0.410 e. The van der Waals surface area contributed by atoms with E-state index in [1.807, 2.05) is 45.0 Å². The fourth-order valence-corrected chi connectivity index (χ4v) is 2.81. The van der Waals surface area contributed by atoms with Gasteiger partial charge in [-0.25, -0.2) is 13.6 Å². The number of alkyl halides is 2. The van der Waals surface area contributed by atoms with Crippen LogP contribution < -0.4 is 4.74 Å². The molecule has 0 bridgehead atoms. The van der Waals surface area contributed by atoms with E-state index in [9.17, 15) is 13.6 Å². The van der Waals surface area contributed by atoms with E-state index < -0.39 is 11.5 Å². The van der Waals surface area contributed by atoms with Gasteiger partial charge in [0.25, 0.3) is 5.92 Å². The number of carbonyl (C=O) groups excluding carboxylic acids is 1. The van der Waals surface area contributed by atoms with Gasteiger partial charge in [0.1, 0.15) is 18.0 Å². The molecule has 1 fully saturated rings. The van der Waals surface area contributed by atoms with Gasteiger partial charge in [0.2, 0.25) is 0 Å². The van der Waals surface area contributed by atoms with Crippen LogP contribution in [0.4, 0.5) is 13.6 Å². The average Bonchev–Trinajstić information content (AvgIpc) is 2.90. The molecule has 1 saturated heterocycles. The van der Waals surface area contributed by atoms with Crippen molar-refractivity contribution in [3.8, 4) is 5.75 Å². The molecular formula is C20H30F2N2O3. The van der Waals surface area contributed by atoms with Crippen LogP contribution in [0, 0.1) is 0 Å². The molecule has 1 heterocycles. The standard InChI is InChI=1S/C20H30F2N2O3/c1-19(2,3)27-18(25)23(4)10-8-16-6-5-7-17(14-16)26-13-12-24-11-9-20(21,22)15-24/h5-7,14H,8-13,15H2,1-4H3. The predicted molar refractivity (Wildman–Crippen MR) is 101 cm³/mol. The summed E-state index contributed by atoms with van der Waals surface area (Å²) in [6.07, 6.45) is 0.246. The maximum Gasteiger partial charge on any atom is 0.410 e. The Hall–Kier alpha value is -1.89. The van der Waals surface area contributed by atoms with Crippen LogP contribution in [-0.4, -0.2) is 67.3 Å². The monoisotopic (exact) mass is 384 g/mol. The van der Waals surface area contributed by atoms with E-state index in [0.717, 1.165) is 5.56 Å². The molecule has 0 radical (unpaired) electrons. The largest absolute Gasteiger partial charge is 0.492 e. The normalized spacial score (nSPS) is 17.0. The summed E-state index contributed by atoms with van der Waals surface area (Å²) in [5, 5.41) is 0. The number of likely N-dealkylation sites (tertiary alicyclic amines) is 1. The zero-order valence-corrected chi connectivity index (χ0v) is 16.6. The minimum absolute atomic E-state index is 0.0757. The van der Waals surface area contributed by atoms with Crippen LogP contribution in [0.1, 0.15) is 32.8 Å². The van der Waals surface area contributed by atoms with Crippen molar-refractivity contribution in [1.29, 1.82) is 0 Å². The quantitative estimate of drug-likeness (QED) is 0.717. The van der Waals surface area contributed by atoms with Crippen molar-refractivity contribution in [3.63, 3.8) is 0 Å². The van der Waals surface area contributed by atoms with Gasteiger partial charge >= 0.3 is 6.09 Å². The van der Waals surface area contributed by atoms with Gasteiger partial charge in [-0.15, -0.1) is 0 Å². The first kappa shape index (κ1) is 21.4. The summed E-state index contributed by atoms with van der Waals surface area (Å²) >= 11 is 0. The number of hydrogen-bond donors (Lipinski definition) is 0. The first-order valence-electron chi connectivity index (χ1n) is 9.30. The van der Waals surface area contributed by atoms with Crippen LogP contribution in [-0.2, 0) is 11.2 Å². The van der Waals surface area contributed by atoms with Crippen LogP contribution >= 0.6 is 0 Å². The molecule has 1 aromatic rings. The molecule has 27 heavy (non-hydrogen) atoms. The summed E-state index contributed by atoms with van der Waals surface area (Å²) in [5.74, 6) is -1.86. The lowest BCUT2D eigenvalue weighted by Gasteiger charge is -2.24. The van der Waals surface area contributed by atoms with Crippen molar-refractivity contribution >= 4 is 6.09 Å². The number of ether oxygens (including phenoxy) is 2. The van der Waals surface area contributed by atoms with Gasteiger partial charge in [-0.05, 0) is 44.9 Å². The van der Waals surface area contributed by atoms with Crippen molar-refractivity contribution in [3.05, 3.63) is 29.8 Å². The third-order valence-corrected chi connectivity index (χ3v) is 4.26. The highest BCUT2D eigenvalue weighted by Crippen LogP contribution is 2.26. The number of likely N-dealkylation sites (N-methyl/N-ethyl adjacent to an activating group) is 1. The van der Waals surface area contributed by atoms with E-state index in [-0.39, 0.29) is 19.1 Å². The number of amides is 1. The molecule has 0 spiro atoms. The zero-order valence-electron chi connectivity index (χ0n) is 16.6. The second-order valence-corrected chi connectivity index (χ2v) is 8.03. The van der Waals surface area contributed by atoms with E-state index in [2.05, 4.69) is 0 Å². The lowest BCUT2D eigenvalue weighted by atomic mass is 10.1. The number of nitrogens with zero attached hydrogens (tertiary/aromatic N) is 2. The molecule has 0 aromatic heterocycles. The van der Waals surface area contributed by atoms with Gasteiger partial charge in [0.05, 0.1) is 6.54 Å².